The minimum Gasteiger partial charge on any atom is -0.375 e. The van der Waals surface area contributed by atoms with E-state index < -0.39 is 11.5 Å². The van der Waals surface area contributed by atoms with Gasteiger partial charge in [-0.2, -0.15) is 0 Å². The van der Waals surface area contributed by atoms with Gasteiger partial charge in [-0.1, -0.05) is 24.3 Å². The van der Waals surface area contributed by atoms with Crippen LogP contribution in [-0.2, 0) is 16.8 Å². The third-order valence-electron chi connectivity index (χ3n) is 2.42. The summed E-state index contributed by atoms with van der Waals surface area (Å²) in [6.07, 6.45) is 2.13. The van der Waals surface area contributed by atoms with Gasteiger partial charge in [-0.05, 0) is 17.5 Å². The molecule has 2 rings (SSSR count). The van der Waals surface area contributed by atoms with E-state index in [-0.39, 0.29) is 0 Å². The standard InChI is InChI=1S/C10H10NO2/c11-9(12)10(13)6-5-7-3-1-2-4-8(7)10/h1-4,6,13H,5H2,(H2,11,12). The molecule has 0 heterocycles. The van der Waals surface area contributed by atoms with Gasteiger partial charge in [0.2, 0.25) is 0 Å². The van der Waals surface area contributed by atoms with Crippen molar-refractivity contribution in [1.29, 1.82) is 0 Å². The Kier molecular flexibility index (Phi) is 1.63. The molecule has 0 bridgehead atoms. The Labute approximate surface area is 76.2 Å². The van der Waals surface area contributed by atoms with Crippen molar-refractivity contribution in [2.45, 2.75) is 12.0 Å². The minimum atomic E-state index is -1.56. The van der Waals surface area contributed by atoms with E-state index in [1.807, 2.05) is 12.1 Å². The van der Waals surface area contributed by atoms with Crippen LogP contribution in [0.3, 0.4) is 0 Å². The molecule has 0 aromatic heterocycles. The molecule has 0 saturated carbocycles. The van der Waals surface area contributed by atoms with Gasteiger partial charge < -0.3 is 10.8 Å². The predicted octanol–water partition coefficient (Wildman–Crippen LogP) is 0.120. The molecule has 3 N–H and O–H groups in total. The number of benzene rings is 1. The summed E-state index contributed by atoms with van der Waals surface area (Å²) in [5.41, 5.74) is 5.14. The molecule has 1 aliphatic rings. The van der Waals surface area contributed by atoms with Crippen LogP contribution in [0.25, 0.3) is 0 Å². The lowest BCUT2D eigenvalue weighted by Gasteiger charge is -2.18. The number of carbonyl (C=O) groups is 1. The number of nitrogens with two attached hydrogens (primary N) is 1. The smallest absolute Gasteiger partial charge is 0.254 e. The largest absolute Gasteiger partial charge is 0.375 e. The van der Waals surface area contributed by atoms with E-state index >= 15 is 0 Å². The highest BCUT2D eigenvalue weighted by Crippen LogP contribution is 2.35. The summed E-state index contributed by atoms with van der Waals surface area (Å²) in [4.78, 5) is 11.0. The first-order chi connectivity index (χ1) is 6.14. The molecule has 0 saturated heterocycles. The molecule has 3 nitrogen and oxygen atoms in total. The maximum Gasteiger partial charge on any atom is 0.254 e. The third kappa shape index (κ3) is 1.04. The van der Waals surface area contributed by atoms with E-state index in [1.54, 1.807) is 18.6 Å². The van der Waals surface area contributed by atoms with Crippen molar-refractivity contribution < 1.29 is 9.90 Å². The maximum atomic E-state index is 11.0. The predicted molar refractivity (Wildman–Crippen MR) is 47.5 cm³/mol. The fourth-order valence-electron chi connectivity index (χ4n) is 1.67. The number of fused-ring (bicyclic) bond motifs is 1. The zero-order chi connectivity index (χ0) is 9.47. The van der Waals surface area contributed by atoms with E-state index in [2.05, 4.69) is 0 Å². The monoisotopic (exact) mass is 176 g/mol. The summed E-state index contributed by atoms with van der Waals surface area (Å²) in [5, 5.41) is 9.89. The molecule has 1 atom stereocenters. The lowest BCUT2D eigenvalue weighted by Crippen LogP contribution is -2.39. The van der Waals surface area contributed by atoms with Gasteiger partial charge in [0, 0.05) is 6.42 Å². The van der Waals surface area contributed by atoms with Crippen LogP contribution in [0, 0.1) is 6.42 Å². The molecule has 1 unspecified atom stereocenters. The van der Waals surface area contributed by atoms with Crippen molar-refractivity contribution in [1.82, 2.24) is 0 Å². The number of carbonyl (C=O) groups excluding carboxylic acids is 1. The van der Waals surface area contributed by atoms with E-state index in [1.165, 1.54) is 0 Å². The molecule has 1 aromatic carbocycles. The summed E-state index contributed by atoms with van der Waals surface area (Å²) < 4.78 is 0. The van der Waals surface area contributed by atoms with E-state index in [0.717, 1.165) is 5.56 Å². The van der Waals surface area contributed by atoms with Crippen molar-refractivity contribution in [2.24, 2.45) is 5.73 Å². The van der Waals surface area contributed by atoms with Crippen molar-refractivity contribution in [3.05, 3.63) is 41.8 Å². The van der Waals surface area contributed by atoms with E-state index in [0.29, 0.717) is 12.0 Å². The van der Waals surface area contributed by atoms with Crippen LogP contribution in [0.1, 0.15) is 11.1 Å². The van der Waals surface area contributed by atoms with Crippen LogP contribution < -0.4 is 5.73 Å². The highest BCUT2D eigenvalue weighted by Gasteiger charge is 2.41. The van der Waals surface area contributed by atoms with Crippen LogP contribution >= 0.6 is 0 Å². The Morgan fingerprint density at radius 1 is 1.46 bits per heavy atom. The first-order valence-corrected chi connectivity index (χ1v) is 4.09. The SMILES string of the molecule is NC(=O)C1(O)[CH]Cc2ccccc21. The molecule has 1 amide bonds. The van der Waals surface area contributed by atoms with Gasteiger partial charge in [-0.3, -0.25) is 4.79 Å². The van der Waals surface area contributed by atoms with Gasteiger partial charge >= 0.3 is 0 Å². The van der Waals surface area contributed by atoms with Crippen molar-refractivity contribution in [3.63, 3.8) is 0 Å². The number of primary amides is 1. The van der Waals surface area contributed by atoms with Crippen LogP contribution in [0.2, 0.25) is 0 Å². The first kappa shape index (κ1) is 8.26. The number of hydrogen-bond donors (Lipinski definition) is 2. The number of hydrogen-bond acceptors (Lipinski definition) is 2. The average molecular weight is 176 g/mol. The lowest BCUT2D eigenvalue weighted by atomic mass is 9.95. The van der Waals surface area contributed by atoms with Gasteiger partial charge in [0.25, 0.3) is 5.91 Å². The molecule has 1 aromatic rings. The van der Waals surface area contributed by atoms with Crippen LogP contribution in [-0.4, -0.2) is 11.0 Å². The summed E-state index contributed by atoms with van der Waals surface area (Å²) in [6.45, 7) is 0. The molecule has 0 spiro atoms. The number of aliphatic hydroxyl groups is 1. The molecule has 1 radical (unpaired) electrons. The Morgan fingerprint density at radius 2 is 2.15 bits per heavy atom. The van der Waals surface area contributed by atoms with Crippen molar-refractivity contribution in [2.75, 3.05) is 0 Å². The van der Waals surface area contributed by atoms with E-state index in [9.17, 15) is 9.90 Å². The van der Waals surface area contributed by atoms with Crippen LogP contribution in [0.15, 0.2) is 24.3 Å². The van der Waals surface area contributed by atoms with Gasteiger partial charge in [0.1, 0.15) is 0 Å². The highest BCUT2D eigenvalue weighted by atomic mass is 16.3. The fourth-order valence-corrected chi connectivity index (χ4v) is 1.67. The molecule has 1 aliphatic carbocycles. The number of rotatable bonds is 1. The van der Waals surface area contributed by atoms with Crippen molar-refractivity contribution >= 4 is 5.91 Å². The maximum absolute atomic E-state index is 11.0. The Hall–Kier alpha value is -1.35. The molecule has 0 fully saturated rings. The summed E-state index contributed by atoms with van der Waals surface area (Å²) >= 11 is 0. The van der Waals surface area contributed by atoms with Gasteiger partial charge in [-0.25, -0.2) is 0 Å². The van der Waals surface area contributed by atoms with Gasteiger partial charge in [0.15, 0.2) is 5.60 Å². The second-order valence-corrected chi connectivity index (χ2v) is 3.20. The fraction of sp³-hybridized carbons (Fsp3) is 0.200. The normalized spacial score (nSPS) is 25.6. The Balaban J connectivity index is 2.55. The summed E-state index contributed by atoms with van der Waals surface area (Å²) in [5.74, 6) is -0.711. The lowest BCUT2D eigenvalue weighted by molar-refractivity contribution is -0.133. The minimum absolute atomic E-state index is 0.593. The second kappa shape index (κ2) is 2.57. The first-order valence-electron chi connectivity index (χ1n) is 4.09. The molecule has 0 aliphatic heterocycles. The Bertz CT molecular complexity index is 362. The zero-order valence-electron chi connectivity index (χ0n) is 7.03. The molecular weight excluding hydrogens is 166 g/mol. The summed E-state index contributed by atoms with van der Waals surface area (Å²) in [7, 11) is 0. The van der Waals surface area contributed by atoms with Crippen molar-refractivity contribution in [3.8, 4) is 0 Å². The van der Waals surface area contributed by atoms with Gasteiger partial charge in [-0.15, -0.1) is 0 Å². The molecule has 67 valence electrons. The zero-order valence-corrected chi connectivity index (χ0v) is 7.03. The third-order valence-corrected chi connectivity index (χ3v) is 2.42. The molecule has 3 heteroatoms. The van der Waals surface area contributed by atoms with E-state index in [4.69, 9.17) is 5.73 Å². The van der Waals surface area contributed by atoms with Crippen LogP contribution in [0.4, 0.5) is 0 Å². The topological polar surface area (TPSA) is 63.3 Å². The highest BCUT2D eigenvalue weighted by molar-refractivity contribution is 5.88. The average Bonchev–Trinajstić information content (AvgIpc) is 2.47. The summed E-state index contributed by atoms with van der Waals surface area (Å²) in [6, 6.07) is 7.27. The second-order valence-electron chi connectivity index (χ2n) is 3.20. The Morgan fingerprint density at radius 3 is 2.85 bits per heavy atom. The quantitative estimate of drug-likeness (QED) is 0.638. The molecular formula is C10H10NO2. The number of amides is 1. The van der Waals surface area contributed by atoms with Crippen LogP contribution in [0.5, 0.6) is 0 Å². The van der Waals surface area contributed by atoms with Gasteiger partial charge in [0.05, 0.1) is 0 Å². The molecule has 13 heavy (non-hydrogen) atoms.